The van der Waals surface area contributed by atoms with Crippen molar-refractivity contribution in [2.24, 2.45) is 0 Å². The highest BCUT2D eigenvalue weighted by Gasteiger charge is 2.36. The Hall–Kier alpha value is -0.820. The average molecular weight is 147 g/mol. The van der Waals surface area contributed by atoms with Crippen molar-refractivity contribution < 1.29 is 0 Å². The number of hydrogen-bond donors (Lipinski definition) is 1. The van der Waals surface area contributed by atoms with Gasteiger partial charge in [-0.05, 0) is 19.0 Å². The molecule has 0 heterocycles. The van der Waals surface area contributed by atoms with Gasteiger partial charge in [-0.15, -0.1) is 0 Å². The second-order valence-electron chi connectivity index (χ2n) is 3.15. The first-order valence-corrected chi connectivity index (χ1v) is 4.14. The molecule has 0 saturated heterocycles. The first-order valence-electron chi connectivity index (χ1n) is 4.14. The lowest BCUT2D eigenvalue weighted by Crippen LogP contribution is -2.09. The lowest BCUT2D eigenvalue weighted by molar-refractivity contribution is 0.783. The van der Waals surface area contributed by atoms with E-state index in [4.69, 9.17) is 0 Å². The highest BCUT2D eigenvalue weighted by molar-refractivity contribution is 5.27. The zero-order valence-electron chi connectivity index (χ0n) is 6.75. The van der Waals surface area contributed by atoms with Gasteiger partial charge >= 0.3 is 0 Å². The molecule has 1 saturated carbocycles. The van der Waals surface area contributed by atoms with Crippen LogP contribution in [0.5, 0.6) is 0 Å². The third-order valence-corrected chi connectivity index (χ3v) is 2.39. The van der Waals surface area contributed by atoms with E-state index >= 15 is 0 Å². The maximum absolute atomic E-state index is 3.29. The molecule has 1 aromatic carbocycles. The van der Waals surface area contributed by atoms with Gasteiger partial charge in [-0.25, -0.2) is 0 Å². The molecule has 1 fully saturated rings. The van der Waals surface area contributed by atoms with Crippen LogP contribution < -0.4 is 5.32 Å². The highest BCUT2D eigenvalue weighted by Crippen LogP contribution is 2.39. The van der Waals surface area contributed by atoms with Crippen molar-refractivity contribution in [1.82, 2.24) is 5.32 Å². The molecule has 2 atom stereocenters. The number of hydrogen-bond acceptors (Lipinski definition) is 1. The van der Waals surface area contributed by atoms with E-state index in [1.807, 2.05) is 7.05 Å². The Morgan fingerprint density at radius 2 is 2.00 bits per heavy atom. The van der Waals surface area contributed by atoms with Crippen LogP contribution in [0.15, 0.2) is 30.3 Å². The normalized spacial score (nSPS) is 28.5. The molecule has 1 heteroatoms. The molecule has 1 N–H and O–H groups in total. The second kappa shape index (κ2) is 2.67. The average Bonchev–Trinajstić information content (AvgIpc) is 2.85. The summed E-state index contributed by atoms with van der Waals surface area (Å²) in [5, 5.41) is 3.29. The molecule has 0 spiro atoms. The van der Waals surface area contributed by atoms with Crippen molar-refractivity contribution in [2.75, 3.05) is 7.05 Å². The van der Waals surface area contributed by atoms with Gasteiger partial charge in [0.15, 0.2) is 0 Å². The molecule has 0 radical (unpaired) electrons. The Bertz CT molecular complexity index is 230. The Kier molecular flexibility index (Phi) is 1.66. The van der Waals surface area contributed by atoms with Gasteiger partial charge in [0.2, 0.25) is 0 Å². The third kappa shape index (κ3) is 1.29. The topological polar surface area (TPSA) is 12.0 Å². The smallest absolute Gasteiger partial charge is 0.0140 e. The Balaban J connectivity index is 2.09. The third-order valence-electron chi connectivity index (χ3n) is 2.39. The number of benzene rings is 1. The molecule has 1 aromatic rings. The van der Waals surface area contributed by atoms with E-state index in [1.165, 1.54) is 12.0 Å². The van der Waals surface area contributed by atoms with E-state index in [-0.39, 0.29) is 0 Å². The van der Waals surface area contributed by atoms with Gasteiger partial charge in [0.1, 0.15) is 0 Å². The summed E-state index contributed by atoms with van der Waals surface area (Å²) in [5.74, 6) is 0.779. The van der Waals surface area contributed by atoms with Crippen LogP contribution in [0, 0.1) is 0 Å². The summed E-state index contributed by atoms with van der Waals surface area (Å²) in [7, 11) is 2.04. The predicted octanol–water partition coefficient (Wildman–Crippen LogP) is 1.76. The first-order chi connectivity index (χ1) is 5.42. The van der Waals surface area contributed by atoms with E-state index in [2.05, 4.69) is 35.6 Å². The van der Waals surface area contributed by atoms with Crippen LogP contribution in [0.25, 0.3) is 0 Å². The van der Waals surface area contributed by atoms with Crippen molar-refractivity contribution in [3.8, 4) is 0 Å². The Morgan fingerprint density at radius 1 is 1.27 bits per heavy atom. The molecule has 1 nitrogen and oxygen atoms in total. The van der Waals surface area contributed by atoms with E-state index in [1.54, 1.807) is 0 Å². The van der Waals surface area contributed by atoms with Crippen LogP contribution in [-0.4, -0.2) is 13.1 Å². The monoisotopic (exact) mass is 147 g/mol. The lowest BCUT2D eigenvalue weighted by Gasteiger charge is -1.97. The molecule has 2 rings (SSSR count). The minimum atomic E-state index is 0.734. The van der Waals surface area contributed by atoms with Crippen LogP contribution in [0.1, 0.15) is 17.9 Å². The standard InChI is InChI=1S/C10H13N/c1-11-10-7-9(10)8-5-3-2-4-6-8/h2-6,9-11H,7H2,1H3/t9-,10?/m1/s1. The molecular weight excluding hydrogens is 134 g/mol. The molecule has 0 bridgehead atoms. The van der Waals surface area contributed by atoms with Crippen LogP contribution in [0.4, 0.5) is 0 Å². The van der Waals surface area contributed by atoms with Crippen molar-refractivity contribution >= 4 is 0 Å². The van der Waals surface area contributed by atoms with Crippen molar-refractivity contribution in [1.29, 1.82) is 0 Å². The maximum Gasteiger partial charge on any atom is 0.0140 e. The van der Waals surface area contributed by atoms with E-state index in [0.29, 0.717) is 0 Å². The number of rotatable bonds is 2. The highest BCUT2D eigenvalue weighted by atomic mass is 14.9. The minimum Gasteiger partial charge on any atom is -0.316 e. The largest absolute Gasteiger partial charge is 0.316 e. The molecule has 1 aliphatic rings. The molecule has 0 amide bonds. The molecular formula is C10H13N. The summed E-state index contributed by atoms with van der Waals surface area (Å²) in [6.07, 6.45) is 1.31. The zero-order valence-corrected chi connectivity index (χ0v) is 6.75. The van der Waals surface area contributed by atoms with Crippen molar-refractivity contribution in [2.45, 2.75) is 18.4 Å². The van der Waals surface area contributed by atoms with E-state index in [9.17, 15) is 0 Å². The van der Waals surface area contributed by atoms with Gasteiger partial charge < -0.3 is 5.32 Å². The summed E-state index contributed by atoms with van der Waals surface area (Å²) >= 11 is 0. The van der Waals surface area contributed by atoms with Gasteiger partial charge in [0, 0.05) is 12.0 Å². The van der Waals surface area contributed by atoms with Crippen LogP contribution in [0.3, 0.4) is 0 Å². The molecule has 58 valence electrons. The predicted molar refractivity (Wildman–Crippen MR) is 46.6 cm³/mol. The number of likely N-dealkylation sites (N-methyl/N-ethyl adjacent to an activating group) is 1. The van der Waals surface area contributed by atoms with Gasteiger partial charge in [0.25, 0.3) is 0 Å². The summed E-state index contributed by atoms with van der Waals surface area (Å²) < 4.78 is 0. The van der Waals surface area contributed by atoms with Crippen LogP contribution in [-0.2, 0) is 0 Å². The second-order valence-corrected chi connectivity index (χ2v) is 3.15. The summed E-state index contributed by atoms with van der Waals surface area (Å²) in [5.41, 5.74) is 1.48. The zero-order chi connectivity index (χ0) is 7.68. The summed E-state index contributed by atoms with van der Waals surface area (Å²) in [4.78, 5) is 0. The quantitative estimate of drug-likeness (QED) is 0.672. The van der Waals surface area contributed by atoms with E-state index in [0.717, 1.165) is 12.0 Å². The van der Waals surface area contributed by atoms with Crippen molar-refractivity contribution in [3.05, 3.63) is 35.9 Å². The van der Waals surface area contributed by atoms with Crippen molar-refractivity contribution in [3.63, 3.8) is 0 Å². The minimum absolute atomic E-state index is 0.734. The fourth-order valence-electron chi connectivity index (χ4n) is 1.58. The molecule has 0 aromatic heterocycles. The fraction of sp³-hybridized carbons (Fsp3) is 0.400. The fourth-order valence-corrected chi connectivity index (χ4v) is 1.58. The van der Waals surface area contributed by atoms with E-state index < -0.39 is 0 Å². The van der Waals surface area contributed by atoms with Crippen LogP contribution in [0.2, 0.25) is 0 Å². The Morgan fingerprint density at radius 3 is 2.55 bits per heavy atom. The molecule has 11 heavy (non-hydrogen) atoms. The lowest BCUT2D eigenvalue weighted by atomic mass is 10.1. The summed E-state index contributed by atoms with van der Waals surface area (Å²) in [6.45, 7) is 0. The van der Waals surface area contributed by atoms with Gasteiger partial charge in [-0.2, -0.15) is 0 Å². The first kappa shape index (κ1) is 6.86. The van der Waals surface area contributed by atoms with Crippen LogP contribution >= 0.6 is 0 Å². The number of nitrogens with one attached hydrogen (secondary N) is 1. The Labute approximate surface area is 67.4 Å². The van der Waals surface area contributed by atoms with Gasteiger partial charge in [-0.1, -0.05) is 30.3 Å². The SMILES string of the molecule is CNC1C[C@@H]1c1ccccc1. The van der Waals surface area contributed by atoms with Gasteiger partial charge in [0.05, 0.1) is 0 Å². The molecule has 0 aliphatic heterocycles. The summed E-state index contributed by atoms with van der Waals surface area (Å²) in [6, 6.07) is 11.4. The van der Waals surface area contributed by atoms with Gasteiger partial charge in [-0.3, -0.25) is 0 Å². The maximum atomic E-state index is 3.29. The molecule has 1 aliphatic carbocycles. The molecule has 1 unspecified atom stereocenters.